The van der Waals surface area contributed by atoms with Crippen LogP contribution in [0.25, 0.3) is 0 Å². The Bertz CT molecular complexity index is 442. The summed E-state index contributed by atoms with van der Waals surface area (Å²) in [5.74, 6) is 0. The fraction of sp³-hybridized carbons (Fsp3) is 0.533. The van der Waals surface area contributed by atoms with Crippen molar-refractivity contribution in [3.05, 3.63) is 35.9 Å². The Labute approximate surface area is 115 Å². The smallest absolute Gasteiger partial charge is 0.320 e. The molecule has 1 unspecified atom stereocenters. The van der Waals surface area contributed by atoms with Gasteiger partial charge in [-0.25, -0.2) is 4.79 Å². The SMILES string of the molecule is CN(C)C(=O)N1CC(C)(C)NCC1c1ccccc1. The van der Waals surface area contributed by atoms with Crippen LogP contribution in [0, 0.1) is 0 Å². The lowest BCUT2D eigenvalue weighted by Gasteiger charge is -2.45. The summed E-state index contributed by atoms with van der Waals surface area (Å²) in [6.45, 7) is 5.76. The van der Waals surface area contributed by atoms with Gasteiger partial charge in [-0.2, -0.15) is 0 Å². The molecule has 1 aromatic carbocycles. The van der Waals surface area contributed by atoms with Crippen LogP contribution in [0.1, 0.15) is 25.5 Å². The molecule has 0 saturated carbocycles. The Balaban J connectivity index is 2.28. The molecule has 1 saturated heterocycles. The number of nitrogens with one attached hydrogen (secondary N) is 1. The maximum Gasteiger partial charge on any atom is 0.320 e. The van der Waals surface area contributed by atoms with Gasteiger partial charge in [-0.1, -0.05) is 30.3 Å². The molecule has 1 atom stereocenters. The topological polar surface area (TPSA) is 35.6 Å². The molecular weight excluding hydrogens is 238 g/mol. The molecule has 1 aliphatic rings. The second kappa shape index (κ2) is 5.21. The molecule has 4 heteroatoms. The third kappa shape index (κ3) is 3.07. The van der Waals surface area contributed by atoms with Crippen molar-refractivity contribution in [2.75, 3.05) is 27.2 Å². The van der Waals surface area contributed by atoms with E-state index in [0.717, 1.165) is 6.54 Å². The van der Waals surface area contributed by atoms with Crippen LogP contribution in [-0.2, 0) is 0 Å². The first kappa shape index (κ1) is 13.9. The van der Waals surface area contributed by atoms with Gasteiger partial charge in [0.25, 0.3) is 0 Å². The van der Waals surface area contributed by atoms with E-state index in [0.29, 0.717) is 6.54 Å². The third-order valence-electron chi connectivity index (χ3n) is 3.53. The standard InChI is InChI=1S/C15H23N3O/c1-15(2)11-18(14(19)17(3)4)13(10-16-15)12-8-6-5-7-9-12/h5-9,13,16H,10-11H2,1-4H3. The van der Waals surface area contributed by atoms with E-state index in [1.165, 1.54) is 5.56 Å². The van der Waals surface area contributed by atoms with E-state index in [-0.39, 0.29) is 17.6 Å². The molecule has 0 radical (unpaired) electrons. The molecule has 1 fully saturated rings. The molecule has 2 amide bonds. The molecule has 0 spiro atoms. The predicted octanol–water partition coefficient (Wildman–Crippen LogP) is 2.09. The van der Waals surface area contributed by atoms with Crippen LogP contribution in [0.5, 0.6) is 0 Å². The number of carbonyl (C=O) groups is 1. The monoisotopic (exact) mass is 261 g/mol. The number of amides is 2. The van der Waals surface area contributed by atoms with Crippen molar-refractivity contribution in [1.29, 1.82) is 0 Å². The van der Waals surface area contributed by atoms with Crippen molar-refractivity contribution in [2.45, 2.75) is 25.4 Å². The fourth-order valence-electron chi connectivity index (χ4n) is 2.51. The second-order valence-corrected chi connectivity index (χ2v) is 6.00. The van der Waals surface area contributed by atoms with E-state index in [2.05, 4.69) is 31.3 Å². The van der Waals surface area contributed by atoms with Gasteiger partial charge in [0.05, 0.1) is 6.04 Å². The number of urea groups is 1. The molecule has 1 aromatic rings. The number of benzene rings is 1. The van der Waals surface area contributed by atoms with Gasteiger partial charge in [0.2, 0.25) is 0 Å². The number of rotatable bonds is 1. The summed E-state index contributed by atoms with van der Waals surface area (Å²) in [5, 5.41) is 3.52. The molecule has 4 nitrogen and oxygen atoms in total. The minimum Gasteiger partial charge on any atom is -0.331 e. The second-order valence-electron chi connectivity index (χ2n) is 6.00. The van der Waals surface area contributed by atoms with Crippen LogP contribution >= 0.6 is 0 Å². The molecule has 0 aliphatic carbocycles. The van der Waals surface area contributed by atoms with Gasteiger partial charge in [-0.05, 0) is 19.4 Å². The summed E-state index contributed by atoms with van der Waals surface area (Å²) < 4.78 is 0. The maximum absolute atomic E-state index is 12.4. The van der Waals surface area contributed by atoms with E-state index >= 15 is 0 Å². The Kier molecular flexibility index (Phi) is 3.80. The zero-order chi connectivity index (χ0) is 14.0. The average molecular weight is 261 g/mol. The molecular formula is C15H23N3O. The van der Waals surface area contributed by atoms with Gasteiger partial charge in [0, 0.05) is 32.7 Å². The summed E-state index contributed by atoms with van der Waals surface area (Å²) in [6.07, 6.45) is 0. The van der Waals surface area contributed by atoms with E-state index < -0.39 is 0 Å². The average Bonchev–Trinajstić information content (AvgIpc) is 2.37. The number of carbonyl (C=O) groups excluding carboxylic acids is 1. The first-order valence-corrected chi connectivity index (χ1v) is 6.68. The Morgan fingerprint density at radius 2 is 1.95 bits per heavy atom. The minimum absolute atomic E-state index is 0.0447. The van der Waals surface area contributed by atoms with E-state index in [9.17, 15) is 4.79 Å². The minimum atomic E-state index is -0.0447. The summed E-state index contributed by atoms with van der Waals surface area (Å²) in [7, 11) is 3.61. The summed E-state index contributed by atoms with van der Waals surface area (Å²) in [6, 6.07) is 10.4. The largest absolute Gasteiger partial charge is 0.331 e. The van der Waals surface area contributed by atoms with Crippen LogP contribution < -0.4 is 5.32 Å². The van der Waals surface area contributed by atoms with Crippen molar-refractivity contribution in [3.63, 3.8) is 0 Å². The van der Waals surface area contributed by atoms with Crippen LogP contribution in [0.2, 0.25) is 0 Å². The number of hydrogen-bond donors (Lipinski definition) is 1. The Morgan fingerprint density at radius 1 is 1.32 bits per heavy atom. The highest BCUT2D eigenvalue weighted by atomic mass is 16.2. The summed E-state index contributed by atoms with van der Waals surface area (Å²) >= 11 is 0. The molecule has 1 N–H and O–H groups in total. The van der Waals surface area contributed by atoms with Crippen LogP contribution in [-0.4, -0.2) is 48.6 Å². The summed E-state index contributed by atoms with van der Waals surface area (Å²) in [4.78, 5) is 16.0. The zero-order valence-corrected chi connectivity index (χ0v) is 12.2. The highest BCUT2D eigenvalue weighted by molar-refractivity contribution is 5.74. The quantitative estimate of drug-likeness (QED) is 0.840. The normalized spacial score (nSPS) is 22.1. The number of hydrogen-bond acceptors (Lipinski definition) is 2. The summed E-state index contributed by atoms with van der Waals surface area (Å²) in [5.41, 5.74) is 1.14. The predicted molar refractivity (Wildman–Crippen MR) is 77.1 cm³/mol. The molecule has 104 valence electrons. The number of piperazine rings is 1. The Hall–Kier alpha value is -1.55. The highest BCUT2D eigenvalue weighted by Gasteiger charge is 2.36. The molecule has 2 rings (SSSR count). The molecule has 0 bridgehead atoms. The van der Waals surface area contributed by atoms with Crippen molar-refractivity contribution >= 4 is 6.03 Å². The lowest BCUT2D eigenvalue weighted by molar-refractivity contribution is 0.0974. The Morgan fingerprint density at radius 3 is 2.53 bits per heavy atom. The maximum atomic E-state index is 12.4. The zero-order valence-electron chi connectivity index (χ0n) is 12.2. The van der Waals surface area contributed by atoms with E-state index in [4.69, 9.17) is 0 Å². The first-order chi connectivity index (χ1) is 8.91. The third-order valence-corrected chi connectivity index (χ3v) is 3.53. The van der Waals surface area contributed by atoms with Gasteiger partial charge in [-0.15, -0.1) is 0 Å². The van der Waals surface area contributed by atoms with Crippen LogP contribution in [0.15, 0.2) is 30.3 Å². The van der Waals surface area contributed by atoms with Gasteiger partial charge in [0.1, 0.15) is 0 Å². The van der Waals surface area contributed by atoms with E-state index in [1.54, 1.807) is 19.0 Å². The van der Waals surface area contributed by atoms with Crippen molar-refractivity contribution < 1.29 is 4.79 Å². The lowest BCUT2D eigenvalue weighted by atomic mass is 9.95. The van der Waals surface area contributed by atoms with Crippen molar-refractivity contribution in [2.24, 2.45) is 0 Å². The highest BCUT2D eigenvalue weighted by Crippen LogP contribution is 2.27. The fourth-order valence-corrected chi connectivity index (χ4v) is 2.51. The van der Waals surface area contributed by atoms with Gasteiger partial charge in [0.15, 0.2) is 0 Å². The first-order valence-electron chi connectivity index (χ1n) is 6.68. The van der Waals surface area contributed by atoms with E-state index in [1.807, 2.05) is 23.1 Å². The van der Waals surface area contributed by atoms with Crippen molar-refractivity contribution in [1.82, 2.24) is 15.1 Å². The molecule has 1 heterocycles. The molecule has 19 heavy (non-hydrogen) atoms. The van der Waals surface area contributed by atoms with Crippen LogP contribution in [0.3, 0.4) is 0 Å². The van der Waals surface area contributed by atoms with Gasteiger partial charge in [-0.3, -0.25) is 0 Å². The van der Waals surface area contributed by atoms with Gasteiger partial charge >= 0.3 is 6.03 Å². The van der Waals surface area contributed by atoms with Crippen LogP contribution in [0.4, 0.5) is 4.79 Å². The number of nitrogens with zero attached hydrogens (tertiary/aromatic N) is 2. The van der Waals surface area contributed by atoms with Crippen molar-refractivity contribution in [3.8, 4) is 0 Å². The van der Waals surface area contributed by atoms with Gasteiger partial charge < -0.3 is 15.1 Å². The molecule has 0 aromatic heterocycles. The lowest BCUT2D eigenvalue weighted by Crippen LogP contribution is -2.61. The molecule has 1 aliphatic heterocycles.